The number of aliphatic hydroxyl groups excluding tert-OH is 1. The Kier molecular flexibility index (Phi) is 4.35. The number of nitrogens with zero attached hydrogens (tertiary/aromatic N) is 2. The molecule has 0 radical (unpaired) electrons. The zero-order chi connectivity index (χ0) is 13.0. The Morgan fingerprint density at radius 2 is 2.39 bits per heavy atom. The molecule has 0 amide bonds. The van der Waals surface area contributed by atoms with Crippen molar-refractivity contribution in [2.24, 2.45) is 0 Å². The number of aliphatic hydroxyl groups is 1. The highest BCUT2D eigenvalue weighted by Gasteiger charge is 2.08. The summed E-state index contributed by atoms with van der Waals surface area (Å²) in [5.41, 5.74) is 1.22. The number of nitrogens with one attached hydrogen (secondary N) is 1. The van der Waals surface area contributed by atoms with E-state index in [0.717, 1.165) is 10.2 Å². The van der Waals surface area contributed by atoms with Crippen LogP contribution in [0.1, 0.15) is 5.56 Å². The van der Waals surface area contributed by atoms with Gasteiger partial charge in [0.15, 0.2) is 0 Å². The molecule has 0 saturated heterocycles. The number of thiophene rings is 1. The molecule has 0 bridgehead atoms. The van der Waals surface area contributed by atoms with Crippen LogP contribution < -0.4 is 10.9 Å². The van der Waals surface area contributed by atoms with E-state index in [0.29, 0.717) is 12.2 Å². The number of anilines is 1. The molecule has 2 aromatic rings. The van der Waals surface area contributed by atoms with Crippen molar-refractivity contribution < 1.29 is 5.11 Å². The molecule has 2 aromatic heterocycles. The summed E-state index contributed by atoms with van der Waals surface area (Å²) in [5.74, 6) is 0. The summed E-state index contributed by atoms with van der Waals surface area (Å²) in [6, 6.07) is 1.99. The second-order valence-corrected chi connectivity index (χ2v) is 4.77. The van der Waals surface area contributed by atoms with Crippen LogP contribution in [0.3, 0.4) is 0 Å². The summed E-state index contributed by atoms with van der Waals surface area (Å²) >= 11 is 7.57. The van der Waals surface area contributed by atoms with Crippen molar-refractivity contribution in [2.45, 2.75) is 13.1 Å². The molecule has 18 heavy (non-hydrogen) atoms. The van der Waals surface area contributed by atoms with Gasteiger partial charge in [0.2, 0.25) is 0 Å². The molecule has 7 heteroatoms. The van der Waals surface area contributed by atoms with E-state index in [9.17, 15) is 4.79 Å². The second kappa shape index (κ2) is 5.99. The summed E-state index contributed by atoms with van der Waals surface area (Å²) in [6.45, 7) is 0.586. The Morgan fingerprint density at radius 3 is 3.06 bits per heavy atom. The molecule has 0 fully saturated rings. The van der Waals surface area contributed by atoms with E-state index in [1.54, 1.807) is 11.3 Å². The quantitative estimate of drug-likeness (QED) is 0.875. The smallest absolute Gasteiger partial charge is 0.287 e. The Bertz CT molecular complexity index is 568. The largest absolute Gasteiger partial charge is 0.394 e. The van der Waals surface area contributed by atoms with Gasteiger partial charge in [-0.05, 0) is 22.4 Å². The lowest BCUT2D eigenvalue weighted by atomic mass is 10.3. The van der Waals surface area contributed by atoms with Gasteiger partial charge in [0.25, 0.3) is 5.56 Å². The van der Waals surface area contributed by atoms with Crippen LogP contribution in [-0.4, -0.2) is 21.5 Å². The lowest BCUT2D eigenvalue weighted by Crippen LogP contribution is -2.25. The Balaban J connectivity index is 2.14. The minimum absolute atomic E-state index is 0.0914. The van der Waals surface area contributed by atoms with Gasteiger partial charge in [-0.2, -0.15) is 16.4 Å². The first kappa shape index (κ1) is 13.1. The number of hydrogen-bond acceptors (Lipinski definition) is 5. The average molecular weight is 286 g/mol. The normalized spacial score (nSPS) is 10.6. The number of aromatic nitrogens is 2. The van der Waals surface area contributed by atoms with Gasteiger partial charge in [-0.15, -0.1) is 0 Å². The van der Waals surface area contributed by atoms with Gasteiger partial charge in [-0.3, -0.25) is 4.79 Å². The first-order chi connectivity index (χ1) is 8.72. The lowest BCUT2D eigenvalue weighted by Gasteiger charge is -2.08. The van der Waals surface area contributed by atoms with E-state index in [-0.39, 0.29) is 18.2 Å². The highest BCUT2D eigenvalue weighted by molar-refractivity contribution is 7.07. The van der Waals surface area contributed by atoms with Gasteiger partial charge in [0, 0.05) is 6.54 Å². The fourth-order valence-corrected chi connectivity index (χ4v) is 2.31. The van der Waals surface area contributed by atoms with Crippen molar-refractivity contribution in [3.63, 3.8) is 0 Å². The first-order valence-electron chi connectivity index (χ1n) is 5.34. The fraction of sp³-hybridized carbons (Fsp3) is 0.273. The van der Waals surface area contributed by atoms with Crippen LogP contribution in [0.25, 0.3) is 0 Å². The Labute approximate surface area is 113 Å². The maximum absolute atomic E-state index is 11.8. The molecule has 2 heterocycles. The zero-order valence-corrected chi connectivity index (χ0v) is 11.0. The van der Waals surface area contributed by atoms with E-state index in [2.05, 4.69) is 10.4 Å². The summed E-state index contributed by atoms with van der Waals surface area (Å²) in [7, 11) is 0. The van der Waals surface area contributed by atoms with Crippen molar-refractivity contribution in [1.29, 1.82) is 0 Å². The minimum Gasteiger partial charge on any atom is -0.394 e. The second-order valence-electron chi connectivity index (χ2n) is 3.61. The molecule has 96 valence electrons. The summed E-state index contributed by atoms with van der Waals surface area (Å²) < 4.78 is 1.14. The topological polar surface area (TPSA) is 67.2 Å². The molecule has 0 unspecified atom stereocenters. The van der Waals surface area contributed by atoms with Crippen LogP contribution in [0.5, 0.6) is 0 Å². The third-order valence-corrected chi connectivity index (χ3v) is 3.46. The highest BCUT2D eigenvalue weighted by atomic mass is 35.5. The van der Waals surface area contributed by atoms with E-state index >= 15 is 0 Å². The van der Waals surface area contributed by atoms with Crippen LogP contribution in [0.15, 0.2) is 27.8 Å². The standard InChI is InChI=1S/C11H12ClN3O2S/c12-10-9(13-5-8-1-4-18-7-8)6-14-15(2-3-16)11(10)17/h1,4,6-7,13,16H,2-3,5H2. The van der Waals surface area contributed by atoms with Gasteiger partial charge in [0.05, 0.1) is 25.0 Å². The van der Waals surface area contributed by atoms with Gasteiger partial charge >= 0.3 is 0 Å². The maximum atomic E-state index is 11.8. The van der Waals surface area contributed by atoms with Gasteiger partial charge in [0.1, 0.15) is 5.02 Å². The van der Waals surface area contributed by atoms with Crippen molar-refractivity contribution >= 4 is 28.6 Å². The lowest BCUT2D eigenvalue weighted by molar-refractivity contribution is 0.266. The third-order valence-electron chi connectivity index (χ3n) is 2.36. The van der Waals surface area contributed by atoms with Crippen LogP contribution in [0.2, 0.25) is 5.02 Å². The highest BCUT2D eigenvalue weighted by Crippen LogP contribution is 2.17. The van der Waals surface area contributed by atoms with Crippen LogP contribution in [0, 0.1) is 0 Å². The molecule has 0 atom stereocenters. The molecular weight excluding hydrogens is 274 g/mol. The molecule has 0 aliphatic heterocycles. The molecule has 0 saturated carbocycles. The van der Waals surface area contributed by atoms with Gasteiger partial charge in [-0.25, -0.2) is 4.68 Å². The number of halogens is 1. The van der Waals surface area contributed by atoms with Crippen molar-refractivity contribution in [2.75, 3.05) is 11.9 Å². The van der Waals surface area contributed by atoms with E-state index in [1.165, 1.54) is 6.20 Å². The van der Waals surface area contributed by atoms with Crippen LogP contribution in [0.4, 0.5) is 5.69 Å². The SMILES string of the molecule is O=c1c(Cl)c(NCc2ccsc2)cnn1CCO. The third kappa shape index (κ3) is 2.90. The summed E-state index contributed by atoms with van der Waals surface area (Å²) in [4.78, 5) is 11.8. The molecule has 5 nitrogen and oxygen atoms in total. The maximum Gasteiger partial charge on any atom is 0.287 e. The Hall–Kier alpha value is -1.37. The molecule has 2 N–H and O–H groups in total. The van der Waals surface area contributed by atoms with E-state index in [4.69, 9.17) is 16.7 Å². The monoisotopic (exact) mass is 285 g/mol. The molecular formula is C11H12ClN3O2S. The number of hydrogen-bond donors (Lipinski definition) is 2. The predicted octanol–water partition coefficient (Wildman–Crippen LogP) is 1.56. The van der Waals surface area contributed by atoms with E-state index < -0.39 is 5.56 Å². The molecule has 0 aromatic carbocycles. The van der Waals surface area contributed by atoms with Crippen LogP contribution in [-0.2, 0) is 13.1 Å². The van der Waals surface area contributed by atoms with Crippen LogP contribution >= 0.6 is 22.9 Å². The summed E-state index contributed by atoms with van der Waals surface area (Å²) in [5, 5.41) is 19.9. The fourth-order valence-electron chi connectivity index (χ4n) is 1.43. The first-order valence-corrected chi connectivity index (χ1v) is 6.66. The van der Waals surface area contributed by atoms with Crippen molar-refractivity contribution in [3.05, 3.63) is 44.0 Å². The predicted molar refractivity (Wildman–Crippen MR) is 72.2 cm³/mol. The molecule has 2 rings (SSSR count). The zero-order valence-electron chi connectivity index (χ0n) is 9.47. The van der Waals surface area contributed by atoms with Crippen molar-refractivity contribution in [1.82, 2.24) is 9.78 Å². The van der Waals surface area contributed by atoms with Gasteiger partial charge < -0.3 is 10.4 Å². The van der Waals surface area contributed by atoms with E-state index in [1.807, 2.05) is 16.8 Å². The average Bonchev–Trinajstić information content (AvgIpc) is 2.87. The molecule has 0 spiro atoms. The van der Waals surface area contributed by atoms with Gasteiger partial charge in [-0.1, -0.05) is 11.6 Å². The number of rotatable bonds is 5. The summed E-state index contributed by atoms with van der Waals surface area (Å²) in [6.07, 6.45) is 1.49. The molecule has 0 aliphatic carbocycles. The minimum atomic E-state index is -0.402. The molecule has 0 aliphatic rings. The van der Waals surface area contributed by atoms with Crippen molar-refractivity contribution in [3.8, 4) is 0 Å². The Morgan fingerprint density at radius 1 is 1.56 bits per heavy atom.